The first-order valence-corrected chi connectivity index (χ1v) is 6.35. The van der Waals surface area contributed by atoms with Gasteiger partial charge in [-0.05, 0) is 43.5 Å². The zero-order chi connectivity index (χ0) is 12.3. The van der Waals surface area contributed by atoms with Gasteiger partial charge in [0.2, 0.25) is 0 Å². The fraction of sp³-hybridized carbons (Fsp3) is 0.333. The second-order valence-corrected chi connectivity index (χ2v) is 4.69. The van der Waals surface area contributed by atoms with Gasteiger partial charge < -0.3 is 0 Å². The predicted molar refractivity (Wildman–Crippen MR) is 70.1 cm³/mol. The minimum absolute atomic E-state index is 0.646. The standard InChI is InChI=1S/C12H13Cl2N3/c1-9-7-10(14)4-5-12(9)17-8-11(15-16-17)3-2-6-13/h4-5,7-8H,2-3,6H2,1H3. The van der Waals surface area contributed by atoms with E-state index in [-0.39, 0.29) is 0 Å². The summed E-state index contributed by atoms with van der Waals surface area (Å²) in [6, 6.07) is 5.71. The molecule has 0 bridgehead atoms. The molecule has 0 aliphatic carbocycles. The molecule has 0 saturated heterocycles. The van der Waals surface area contributed by atoms with E-state index in [1.807, 2.05) is 31.3 Å². The molecule has 5 heteroatoms. The molecule has 1 aromatic carbocycles. The molecule has 0 unspecified atom stereocenters. The van der Waals surface area contributed by atoms with Crippen molar-refractivity contribution < 1.29 is 0 Å². The highest BCUT2D eigenvalue weighted by Gasteiger charge is 2.05. The van der Waals surface area contributed by atoms with Crippen LogP contribution in [-0.4, -0.2) is 20.9 Å². The SMILES string of the molecule is Cc1cc(Cl)ccc1-n1cc(CCCCl)nn1. The van der Waals surface area contributed by atoms with Crippen LogP contribution in [0.4, 0.5) is 0 Å². The minimum Gasteiger partial charge on any atom is -0.220 e. The molecule has 0 saturated carbocycles. The average Bonchev–Trinajstić information content (AvgIpc) is 2.75. The summed E-state index contributed by atoms with van der Waals surface area (Å²) in [6.45, 7) is 2.00. The molecule has 0 N–H and O–H groups in total. The number of alkyl halides is 1. The van der Waals surface area contributed by atoms with Crippen molar-refractivity contribution in [3.63, 3.8) is 0 Å². The van der Waals surface area contributed by atoms with E-state index in [1.54, 1.807) is 4.68 Å². The molecule has 0 amide bonds. The average molecular weight is 270 g/mol. The van der Waals surface area contributed by atoms with Crippen molar-refractivity contribution in [2.24, 2.45) is 0 Å². The maximum Gasteiger partial charge on any atom is 0.0832 e. The smallest absolute Gasteiger partial charge is 0.0832 e. The molecule has 3 nitrogen and oxygen atoms in total. The van der Waals surface area contributed by atoms with Gasteiger partial charge in [0.25, 0.3) is 0 Å². The summed E-state index contributed by atoms with van der Waals surface area (Å²) in [5, 5.41) is 8.96. The number of aromatic nitrogens is 3. The van der Waals surface area contributed by atoms with E-state index >= 15 is 0 Å². The van der Waals surface area contributed by atoms with Crippen molar-refractivity contribution in [1.82, 2.24) is 15.0 Å². The van der Waals surface area contributed by atoms with E-state index in [9.17, 15) is 0 Å². The lowest BCUT2D eigenvalue weighted by Crippen LogP contribution is -1.97. The van der Waals surface area contributed by atoms with E-state index in [0.717, 1.165) is 34.8 Å². The second kappa shape index (κ2) is 5.52. The number of nitrogens with zero attached hydrogens (tertiary/aromatic N) is 3. The monoisotopic (exact) mass is 269 g/mol. The van der Waals surface area contributed by atoms with Gasteiger partial charge in [0.15, 0.2) is 0 Å². The molecule has 1 heterocycles. The number of aryl methyl sites for hydroxylation is 2. The molecule has 0 spiro atoms. The van der Waals surface area contributed by atoms with Crippen LogP contribution in [0.25, 0.3) is 5.69 Å². The number of halogens is 2. The Hall–Kier alpha value is -1.06. The zero-order valence-corrected chi connectivity index (χ0v) is 11.0. The van der Waals surface area contributed by atoms with Crippen LogP contribution in [-0.2, 0) is 6.42 Å². The van der Waals surface area contributed by atoms with Gasteiger partial charge in [-0.25, -0.2) is 4.68 Å². The third-order valence-corrected chi connectivity index (χ3v) is 3.02. The van der Waals surface area contributed by atoms with Crippen molar-refractivity contribution in [2.45, 2.75) is 19.8 Å². The van der Waals surface area contributed by atoms with Crippen LogP contribution >= 0.6 is 23.2 Å². The lowest BCUT2D eigenvalue weighted by molar-refractivity contribution is 0.788. The van der Waals surface area contributed by atoms with E-state index in [2.05, 4.69) is 10.3 Å². The summed E-state index contributed by atoms with van der Waals surface area (Å²) in [7, 11) is 0. The van der Waals surface area contributed by atoms with Crippen LogP contribution in [0.15, 0.2) is 24.4 Å². The van der Waals surface area contributed by atoms with E-state index in [1.165, 1.54) is 0 Å². The molecule has 17 heavy (non-hydrogen) atoms. The normalized spacial score (nSPS) is 10.8. The van der Waals surface area contributed by atoms with Crippen LogP contribution in [0, 0.1) is 6.92 Å². The Morgan fingerprint density at radius 1 is 1.35 bits per heavy atom. The van der Waals surface area contributed by atoms with Gasteiger partial charge in [0.05, 0.1) is 17.6 Å². The second-order valence-electron chi connectivity index (χ2n) is 3.88. The van der Waals surface area contributed by atoms with Gasteiger partial charge in [-0.15, -0.1) is 16.7 Å². The first-order valence-electron chi connectivity index (χ1n) is 5.44. The maximum absolute atomic E-state index is 5.92. The van der Waals surface area contributed by atoms with Gasteiger partial charge in [0, 0.05) is 10.9 Å². The molecular weight excluding hydrogens is 257 g/mol. The quantitative estimate of drug-likeness (QED) is 0.797. The Balaban J connectivity index is 2.24. The molecule has 2 rings (SSSR count). The number of rotatable bonds is 4. The van der Waals surface area contributed by atoms with Crippen molar-refractivity contribution in [1.29, 1.82) is 0 Å². The summed E-state index contributed by atoms with van der Waals surface area (Å²) in [5.74, 6) is 0.646. The number of hydrogen-bond acceptors (Lipinski definition) is 2. The largest absolute Gasteiger partial charge is 0.220 e. The van der Waals surface area contributed by atoms with E-state index in [0.29, 0.717) is 5.88 Å². The maximum atomic E-state index is 5.92. The fourth-order valence-corrected chi connectivity index (χ4v) is 2.01. The van der Waals surface area contributed by atoms with Gasteiger partial charge >= 0.3 is 0 Å². The molecule has 2 aromatic rings. The first-order chi connectivity index (χ1) is 8.20. The third-order valence-electron chi connectivity index (χ3n) is 2.51. The summed E-state index contributed by atoms with van der Waals surface area (Å²) in [6.07, 6.45) is 3.71. The topological polar surface area (TPSA) is 30.7 Å². The summed E-state index contributed by atoms with van der Waals surface area (Å²) >= 11 is 11.6. The summed E-state index contributed by atoms with van der Waals surface area (Å²) in [5.41, 5.74) is 3.03. The van der Waals surface area contributed by atoms with E-state index in [4.69, 9.17) is 23.2 Å². The Labute approximate surface area is 110 Å². The highest BCUT2D eigenvalue weighted by atomic mass is 35.5. The highest BCUT2D eigenvalue weighted by molar-refractivity contribution is 6.30. The van der Waals surface area contributed by atoms with E-state index < -0.39 is 0 Å². The Bertz CT molecular complexity index is 508. The first kappa shape index (κ1) is 12.4. The molecular formula is C12H13Cl2N3. The molecule has 90 valence electrons. The highest BCUT2D eigenvalue weighted by Crippen LogP contribution is 2.18. The Kier molecular flexibility index (Phi) is 4.02. The van der Waals surface area contributed by atoms with Crippen molar-refractivity contribution >= 4 is 23.2 Å². The van der Waals surface area contributed by atoms with Gasteiger partial charge in [0.1, 0.15) is 0 Å². The lowest BCUT2D eigenvalue weighted by atomic mass is 10.2. The zero-order valence-electron chi connectivity index (χ0n) is 9.53. The van der Waals surface area contributed by atoms with Crippen LogP contribution in [0.2, 0.25) is 5.02 Å². The Morgan fingerprint density at radius 2 is 2.18 bits per heavy atom. The molecule has 0 aliphatic rings. The van der Waals surface area contributed by atoms with Crippen LogP contribution in [0.3, 0.4) is 0 Å². The lowest BCUT2D eigenvalue weighted by Gasteiger charge is -2.04. The molecule has 0 atom stereocenters. The predicted octanol–water partition coefficient (Wildman–Crippen LogP) is 3.40. The van der Waals surface area contributed by atoms with Crippen LogP contribution in [0.1, 0.15) is 17.7 Å². The van der Waals surface area contributed by atoms with Crippen molar-refractivity contribution in [3.05, 3.63) is 40.7 Å². The molecule has 1 aromatic heterocycles. The fourth-order valence-electron chi connectivity index (χ4n) is 1.65. The van der Waals surface area contributed by atoms with Crippen LogP contribution < -0.4 is 0 Å². The molecule has 0 fully saturated rings. The van der Waals surface area contributed by atoms with Crippen LogP contribution in [0.5, 0.6) is 0 Å². The van der Waals surface area contributed by atoms with Gasteiger partial charge in [-0.1, -0.05) is 16.8 Å². The summed E-state index contributed by atoms with van der Waals surface area (Å²) in [4.78, 5) is 0. The summed E-state index contributed by atoms with van der Waals surface area (Å²) < 4.78 is 1.77. The molecule has 0 radical (unpaired) electrons. The number of benzene rings is 1. The number of hydrogen-bond donors (Lipinski definition) is 0. The van der Waals surface area contributed by atoms with Gasteiger partial charge in [-0.3, -0.25) is 0 Å². The van der Waals surface area contributed by atoms with Gasteiger partial charge in [-0.2, -0.15) is 0 Å². The Morgan fingerprint density at radius 3 is 2.88 bits per heavy atom. The molecule has 0 aliphatic heterocycles. The minimum atomic E-state index is 0.646. The van der Waals surface area contributed by atoms with Crippen molar-refractivity contribution in [2.75, 3.05) is 5.88 Å². The van der Waals surface area contributed by atoms with Crippen molar-refractivity contribution in [3.8, 4) is 5.69 Å². The third kappa shape index (κ3) is 2.99.